The standard InChI is InChI=1S/C15H21BrN2O3/c1-10(20-13-9-17-7-5-11(13)16)12-6-8-18(12)14(19)21-15(2,3)4/h5,7,9-10,12H,6,8H2,1-4H3. The lowest BCUT2D eigenvalue weighted by Gasteiger charge is -2.44. The number of nitrogens with zero attached hydrogens (tertiary/aromatic N) is 2. The highest BCUT2D eigenvalue weighted by Crippen LogP contribution is 2.29. The van der Waals surface area contributed by atoms with Gasteiger partial charge < -0.3 is 14.4 Å². The summed E-state index contributed by atoms with van der Waals surface area (Å²) in [6.45, 7) is 8.27. The van der Waals surface area contributed by atoms with E-state index in [2.05, 4.69) is 20.9 Å². The number of carbonyl (C=O) groups excluding carboxylic acids is 1. The van der Waals surface area contributed by atoms with Crippen LogP contribution in [-0.2, 0) is 4.74 Å². The second-order valence-corrected chi connectivity index (χ2v) is 7.01. The third-order valence-corrected chi connectivity index (χ3v) is 3.94. The molecule has 116 valence electrons. The van der Waals surface area contributed by atoms with Gasteiger partial charge in [0.2, 0.25) is 0 Å². The number of rotatable bonds is 3. The van der Waals surface area contributed by atoms with Crippen LogP contribution in [0.2, 0.25) is 0 Å². The maximum Gasteiger partial charge on any atom is 0.410 e. The number of hydrogen-bond donors (Lipinski definition) is 0. The third-order valence-electron chi connectivity index (χ3n) is 3.28. The maximum atomic E-state index is 12.1. The molecule has 1 saturated heterocycles. The van der Waals surface area contributed by atoms with Crippen LogP contribution in [0, 0.1) is 0 Å². The fourth-order valence-corrected chi connectivity index (χ4v) is 2.49. The van der Waals surface area contributed by atoms with Gasteiger partial charge in [-0.3, -0.25) is 4.98 Å². The SMILES string of the molecule is CC(Oc1cnccc1Br)C1CCN1C(=O)OC(C)(C)C. The zero-order valence-electron chi connectivity index (χ0n) is 12.8. The molecule has 2 atom stereocenters. The van der Waals surface area contributed by atoms with Crippen LogP contribution in [0.3, 0.4) is 0 Å². The number of aromatic nitrogens is 1. The van der Waals surface area contributed by atoms with E-state index in [4.69, 9.17) is 9.47 Å². The van der Waals surface area contributed by atoms with Crippen molar-refractivity contribution in [3.8, 4) is 5.75 Å². The molecule has 1 aliphatic heterocycles. The predicted octanol–water partition coefficient (Wildman–Crippen LogP) is 3.62. The largest absolute Gasteiger partial charge is 0.486 e. The second kappa shape index (κ2) is 6.22. The first-order chi connectivity index (χ1) is 9.78. The van der Waals surface area contributed by atoms with Crippen molar-refractivity contribution in [2.24, 2.45) is 0 Å². The van der Waals surface area contributed by atoms with Crippen molar-refractivity contribution >= 4 is 22.0 Å². The van der Waals surface area contributed by atoms with Crippen LogP contribution in [0.5, 0.6) is 5.75 Å². The number of amides is 1. The molecule has 1 amide bonds. The molecular formula is C15H21BrN2O3. The van der Waals surface area contributed by atoms with Crippen molar-refractivity contribution < 1.29 is 14.3 Å². The Morgan fingerprint density at radius 1 is 1.52 bits per heavy atom. The number of halogens is 1. The normalized spacial score (nSPS) is 19.7. The monoisotopic (exact) mass is 356 g/mol. The average Bonchev–Trinajstić information content (AvgIpc) is 2.28. The number of carbonyl (C=O) groups is 1. The summed E-state index contributed by atoms with van der Waals surface area (Å²) in [5.41, 5.74) is -0.478. The van der Waals surface area contributed by atoms with E-state index in [1.165, 1.54) is 0 Å². The summed E-state index contributed by atoms with van der Waals surface area (Å²) in [5, 5.41) is 0. The Morgan fingerprint density at radius 2 is 2.24 bits per heavy atom. The summed E-state index contributed by atoms with van der Waals surface area (Å²) < 4.78 is 12.2. The number of hydrogen-bond acceptors (Lipinski definition) is 4. The molecule has 2 heterocycles. The van der Waals surface area contributed by atoms with Crippen molar-refractivity contribution in [3.63, 3.8) is 0 Å². The average molecular weight is 357 g/mol. The molecule has 1 aromatic rings. The Kier molecular flexibility index (Phi) is 4.76. The fourth-order valence-electron chi connectivity index (χ4n) is 2.17. The predicted molar refractivity (Wildman–Crippen MR) is 83.4 cm³/mol. The van der Waals surface area contributed by atoms with Crippen molar-refractivity contribution in [1.82, 2.24) is 9.88 Å². The lowest BCUT2D eigenvalue weighted by atomic mass is 9.99. The van der Waals surface area contributed by atoms with Crippen molar-refractivity contribution in [2.75, 3.05) is 6.54 Å². The minimum Gasteiger partial charge on any atom is -0.486 e. The third kappa shape index (κ3) is 4.09. The van der Waals surface area contributed by atoms with Crippen LogP contribution in [0.25, 0.3) is 0 Å². The van der Waals surface area contributed by atoms with Gasteiger partial charge in [-0.2, -0.15) is 0 Å². The van der Waals surface area contributed by atoms with Gasteiger partial charge in [0.25, 0.3) is 0 Å². The summed E-state index contributed by atoms with van der Waals surface area (Å²) in [7, 11) is 0. The van der Waals surface area contributed by atoms with E-state index >= 15 is 0 Å². The van der Waals surface area contributed by atoms with E-state index in [1.807, 2.05) is 33.8 Å². The Labute approximate surface area is 133 Å². The molecule has 5 nitrogen and oxygen atoms in total. The smallest absolute Gasteiger partial charge is 0.410 e. The Morgan fingerprint density at radius 3 is 2.76 bits per heavy atom. The summed E-state index contributed by atoms with van der Waals surface area (Å²) in [5.74, 6) is 0.682. The highest BCUT2D eigenvalue weighted by molar-refractivity contribution is 9.10. The minimum absolute atomic E-state index is 0.0342. The second-order valence-electron chi connectivity index (χ2n) is 6.16. The Balaban J connectivity index is 1.96. The fraction of sp³-hybridized carbons (Fsp3) is 0.600. The maximum absolute atomic E-state index is 12.1. The van der Waals surface area contributed by atoms with Gasteiger partial charge in [0.05, 0.1) is 16.7 Å². The van der Waals surface area contributed by atoms with Crippen LogP contribution in [0.4, 0.5) is 4.79 Å². The van der Waals surface area contributed by atoms with Gasteiger partial charge in [0, 0.05) is 12.7 Å². The molecule has 0 aromatic carbocycles. The summed E-state index contributed by atoms with van der Waals surface area (Å²) in [6.07, 6.45) is 3.87. The highest BCUT2D eigenvalue weighted by atomic mass is 79.9. The van der Waals surface area contributed by atoms with Gasteiger partial charge in [0.15, 0.2) is 5.75 Å². The topological polar surface area (TPSA) is 51.7 Å². The van der Waals surface area contributed by atoms with Crippen molar-refractivity contribution in [3.05, 3.63) is 22.9 Å². The quantitative estimate of drug-likeness (QED) is 0.829. The van der Waals surface area contributed by atoms with Crippen LogP contribution >= 0.6 is 15.9 Å². The van der Waals surface area contributed by atoms with E-state index in [0.717, 1.165) is 10.9 Å². The molecule has 0 spiro atoms. The van der Waals surface area contributed by atoms with E-state index in [0.29, 0.717) is 12.3 Å². The molecule has 2 unspecified atom stereocenters. The summed E-state index contributed by atoms with van der Waals surface area (Å²) in [6, 6.07) is 1.86. The van der Waals surface area contributed by atoms with Crippen molar-refractivity contribution in [2.45, 2.75) is 51.9 Å². The van der Waals surface area contributed by atoms with Gasteiger partial charge in [-0.1, -0.05) is 0 Å². The molecule has 6 heteroatoms. The van der Waals surface area contributed by atoms with E-state index in [-0.39, 0.29) is 18.2 Å². The van der Waals surface area contributed by atoms with Crippen LogP contribution in [-0.4, -0.2) is 40.3 Å². The van der Waals surface area contributed by atoms with Crippen molar-refractivity contribution in [1.29, 1.82) is 0 Å². The molecule has 0 aliphatic carbocycles. The van der Waals surface area contributed by atoms with Crippen LogP contribution < -0.4 is 4.74 Å². The summed E-state index contributed by atoms with van der Waals surface area (Å²) in [4.78, 5) is 17.9. The molecule has 21 heavy (non-hydrogen) atoms. The molecule has 1 fully saturated rings. The van der Waals surface area contributed by atoms with E-state index in [1.54, 1.807) is 17.3 Å². The number of ether oxygens (including phenoxy) is 2. The van der Waals surface area contributed by atoms with Gasteiger partial charge in [-0.15, -0.1) is 0 Å². The lowest BCUT2D eigenvalue weighted by molar-refractivity contribution is -0.0302. The molecule has 2 rings (SSSR count). The molecular weight excluding hydrogens is 336 g/mol. The first-order valence-corrected chi connectivity index (χ1v) is 7.83. The van der Waals surface area contributed by atoms with Gasteiger partial charge in [0.1, 0.15) is 11.7 Å². The Bertz CT molecular complexity index is 516. The van der Waals surface area contributed by atoms with Crippen LogP contribution in [0.1, 0.15) is 34.1 Å². The van der Waals surface area contributed by atoms with Crippen LogP contribution in [0.15, 0.2) is 22.9 Å². The zero-order chi connectivity index (χ0) is 15.6. The van der Waals surface area contributed by atoms with Gasteiger partial charge in [-0.05, 0) is 56.1 Å². The minimum atomic E-state index is -0.478. The first-order valence-electron chi connectivity index (χ1n) is 7.04. The highest BCUT2D eigenvalue weighted by Gasteiger charge is 2.39. The first kappa shape index (κ1) is 16.1. The van der Waals surface area contributed by atoms with E-state index in [9.17, 15) is 4.79 Å². The zero-order valence-corrected chi connectivity index (χ0v) is 14.4. The molecule has 0 radical (unpaired) electrons. The molecule has 0 N–H and O–H groups in total. The molecule has 1 aromatic heterocycles. The number of likely N-dealkylation sites (tertiary alicyclic amines) is 1. The van der Waals surface area contributed by atoms with Gasteiger partial charge in [-0.25, -0.2) is 4.79 Å². The molecule has 1 aliphatic rings. The molecule has 0 bridgehead atoms. The number of pyridine rings is 1. The van der Waals surface area contributed by atoms with E-state index < -0.39 is 5.60 Å². The lowest BCUT2D eigenvalue weighted by Crippen LogP contribution is -2.58. The Hall–Kier alpha value is -1.30. The molecule has 0 saturated carbocycles. The summed E-state index contributed by atoms with van der Waals surface area (Å²) >= 11 is 3.43. The van der Waals surface area contributed by atoms with Gasteiger partial charge >= 0.3 is 6.09 Å².